The predicted octanol–water partition coefficient (Wildman–Crippen LogP) is 1.29. The molecule has 1 heterocycles. The number of carbonyl (C=O) groups is 1. The zero-order valence-corrected chi connectivity index (χ0v) is 12.8. The lowest BCUT2D eigenvalue weighted by Crippen LogP contribution is -2.30. The van der Waals surface area contributed by atoms with Gasteiger partial charge in [-0.15, -0.1) is 0 Å². The molecule has 0 atom stereocenters. The maximum Gasteiger partial charge on any atom is 0.407 e. The molecule has 0 bridgehead atoms. The van der Waals surface area contributed by atoms with E-state index in [0.717, 1.165) is 31.2 Å². The fourth-order valence-corrected chi connectivity index (χ4v) is 2.49. The van der Waals surface area contributed by atoms with Gasteiger partial charge in [0.05, 0.1) is 17.3 Å². The molecular formula is C12H17N3O6S. The van der Waals surface area contributed by atoms with Gasteiger partial charge in [-0.3, -0.25) is 10.1 Å². The number of sulfone groups is 1. The minimum absolute atomic E-state index is 0.133. The molecule has 1 amide bonds. The van der Waals surface area contributed by atoms with E-state index in [1.807, 2.05) is 6.92 Å². The molecule has 0 aromatic carbocycles. The Morgan fingerprint density at radius 2 is 2.18 bits per heavy atom. The van der Waals surface area contributed by atoms with Crippen molar-refractivity contribution in [3.05, 3.63) is 28.4 Å². The number of ether oxygens (including phenoxy) is 1. The van der Waals surface area contributed by atoms with E-state index in [9.17, 15) is 23.3 Å². The molecular weight excluding hydrogens is 314 g/mol. The highest BCUT2D eigenvalue weighted by Crippen LogP contribution is 2.13. The Morgan fingerprint density at radius 3 is 2.73 bits per heavy atom. The number of unbranched alkanes of at least 4 members (excludes halogenated alkanes) is 1. The third-order valence-corrected chi connectivity index (χ3v) is 4.24. The molecule has 1 N–H and O–H groups in total. The van der Waals surface area contributed by atoms with Crippen LogP contribution in [0.4, 0.5) is 10.5 Å². The number of aromatic nitrogens is 1. The number of alkyl carbamates (subject to hydrolysis) is 1. The van der Waals surface area contributed by atoms with Crippen molar-refractivity contribution >= 4 is 21.6 Å². The Kier molecular flexibility index (Phi) is 6.70. The molecule has 0 aliphatic rings. The summed E-state index contributed by atoms with van der Waals surface area (Å²) in [4.78, 5) is 24.6. The fourth-order valence-electron chi connectivity index (χ4n) is 1.42. The summed E-state index contributed by atoms with van der Waals surface area (Å²) in [6.45, 7) is 2.09. The summed E-state index contributed by atoms with van der Waals surface area (Å²) < 4.78 is 28.7. The number of carbonyl (C=O) groups excluding carboxylic acids is 1. The van der Waals surface area contributed by atoms with Crippen LogP contribution in [-0.4, -0.2) is 43.3 Å². The van der Waals surface area contributed by atoms with Gasteiger partial charge in [-0.2, -0.15) is 0 Å². The normalized spacial score (nSPS) is 11.0. The molecule has 0 radical (unpaired) electrons. The predicted molar refractivity (Wildman–Crippen MR) is 77.2 cm³/mol. The van der Waals surface area contributed by atoms with Crippen LogP contribution in [0.1, 0.15) is 19.8 Å². The highest BCUT2D eigenvalue weighted by Gasteiger charge is 2.18. The minimum atomic E-state index is -3.73. The van der Waals surface area contributed by atoms with Crippen molar-refractivity contribution in [2.24, 2.45) is 0 Å². The molecule has 9 nitrogen and oxygen atoms in total. The van der Waals surface area contributed by atoms with Gasteiger partial charge in [-0.1, -0.05) is 13.3 Å². The van der Waals surface area contributed by atoms with Crippen LogP contribution in [-0.2, 0) is 14.6 Å². The molecule has 0 saturated carbocycles. The van der Waals surface area contributed by atoms with Gasteiger partial charge in [0.15, 0.2) is 14.9 Å². The highest BCUT2D eigenvalue weighted by atomic mass is 32.2. The van der Waals surface area contributed by atoms with E-state index in [0.29, 0.717) is 0 Å². The molecule has 0 fully saturated rings. The van der Waals surface area contributed by atoms with Crippen LogP contribution in [0.5, 0.6) is 0 Å². The first-order chi connectivity index (χ1) is 10.4. The summed E-state index contributed by atoms with van der Waals surface area (Å²) in [5, 5.41) is 12.5. The summed E-state index contributed by atoms with van der Waals surface area (Å²) >= 11 is 0. The maximum absolute atomic E-state index is 11.9. The van der Waals surface area contributed by atoms with E-state index >= 15 is 0 Å². The van der Waals surface area contributed by atoms with Gasteiger partial charge in [0.1, 0.15) is 6.20 Å². The number of hydrogen-bond donors (Lipinski definition) is 1. The molecule has 122 valence electrons. The summed E-state index contributed by atoms with van der Waals surface area (Å²) in [6.07, 6.45) is 1.81. The lowest BCUT2D eigenvalue weighted by Gasteiger charge is -2.07. The number of nitrogens with zero attached hydrogens (tertiary/aromatic N) is 2. The second-order valence-corrected chi connectivity index (χ2v) is 6.40. The number of nitro groups is 1. The van der Waals surface area contributed by atoms with E-state index in [2.05, 4.69) is 10.3 Å². The number of amides is 1. The van der Waals surface area contributed by atoms with Gasteiger partial charge in [0.2, 0.25) is 0 Å². The molecule has 10 heteroatoms. The fraction of sp³-hybridized carbons (Fsp3) is 0.500. The van der Waals surface area contributed by atoms with Crippen LogP contribution >= 0.6 is 0 Å². The molecule has 0 unspecified atom stereocenters. The number of nitrogens with one attached hydrogen (secondary N) is 1. The number of pyridine rings is 1. The van der Waals surface area contributed by atoms with Crippen molar-refractivity contribution in [3.63, 3.8) is 0 Å². The van der Waals surface area contributed by atoms with Crippen molar-refractivity contribution in [3.8, 4) is 0 Å². The third kappa shape index (κ3) is 5.64. The molecule has 0 spiro atoms. The topological polar surface area (TPSA) is 128 Å². The Balaban J connectivity index is 2.50. The quantitative estimate of drug-likeness (QED) is 0.431. The SMILES string of the molecule is CCCCOC(=O)NCCS(=O)(=O)c1ccc([N+](=O)[O-])cn1. The van der Waals surface area contributed by atoms with Gasteiger partial charge in [-0.05, 0) is 12.5 Å². The standard InChI is InChI=1S/C12H17N3O6S/c1-2-3-7-21-12(16)13-6-8-22(19,20)11-5-4-10(9-14-11)15(17)18/h4-5,9H,2-3,6-8H2,1H3,(H,13,16). The van der Waals surface area contributed by atoms with Gasteiger partial charge in [-0.25, -0.2) is 18.2 Å². The van der Waals surface area contributed by atoms with Crippen molar-refractivity contribution in [1.29, 1.82) is 0 Å². The van der Waals surface area contributed by atoms with Crippen LogP contribution in [0.3, 0.4) is 0 Å². The smallest absolute Gasteiger partial charge is 0.407 e. The second kappa shape index (κ2) is 8.27. The van der Waals surface area contributed by atoms with Crippen LogP contribution < -0.4 is 5.32 Å². The Morgan fingerprint density at radius 1 is 1.45 bits per heavy atom. The zero-order valence-electron chi connectivity index (χ0n) is 12.0. The molecule has 1 aromatic heterocycles. The van der Waals surface area contributed by atoms with E-state index < -0.39 is 20.9 Å². The van der Waals surface area contributed by atoms with Gasteiger partial charge >= 0.3 is 6.09 Å². The Hall–Kier alpha value is -2.23. The highest BCUT2D eigenvalue weighted by molar-refractivity contribution is 7.91. The zero-order chi connectivity index (χ0) is 16.6. The van der Waals surface area contributed by atoms with Crippen molar-refractivity contribution in [2.75, 3.05) is 18.9 Å². The summed E-state index contributed by atoms with van der Waals surface area (Å²) in [7, 11) is -3.73. The Bertz CT molecular complexity index is 614. The van der Waals surface area contributed by atoms with E-state index in [1.165, 1.54) is 0 Å². The van der Waals surface area contributed by atoms with Gasteiger partial charge in [0.25, 0.3) is 5.69 Å². The number of hydrogen-bond acceptors (Lipinski definition) is 7. The monoisotopic (exact) mass is 331 g/mol. The van der Waals surface area contributed by atoms with E-state index in [1.54, 1.807) is 0 Å². The summed E-state index contributed by atoms with van der Waals surface area (Å²) in [5.74, 6) is -0.374. The molecule has 1 rings (SSSR count). The molecule has 0 saturated heterocycles. The second-order valence-electron chi connectivity index (χ2n) is 4.35. The van der Waals surface area contributed by atoms with Crippen molar-refractivity contribution in [2.45, 2.75) is 24.8 Å². The summed E-state index contributed by atoms with van der Waals surface area (Å²) in [5.41, 5.74) is -0.295. The average Bonchev–Trinajstić information content (AvgIpc) is 2.47. The molecule has 0 aliphatic heterocycles. The van der Waals surface area contributed by atoms with Crippen LogP contribution in [0, 0.1) is 10.1 Å². The lowest BCUT2D eigenvalue weighted by molar-refractivity contribution is -0.385. The first kappa shape index (κ1) is 17.8. The maximum atomic E-state index is 11.9. The van der Waals surface area contributed by atoms with Gasteiger partial charge < -0.3 is 10.1 Å². The first-order valence-corrected chi connectivity index (χ1v) is 8.26. The molecule has 1 aromatic rings. The molecule has 0 aliphatic carbocycles. The van der Waals surface area contributed by atoms with Crippen LogP contribution in [0.15, 0.2) is 23.4 Å². The summed E-state index contributed by atoms with van der Waals surface area (Å²) in [6, 6.07) is 2.12. The van der Waals surface area contributed by atoms with Gasteiger partial charge in [0, 0.05) is 12.6 Å². The molecule has 22 heavy (non-hydrogen) atoms. The van der Waals surface area contributed by atoms with Crippen molar-refractivity contribution < 1.29 is 22.9 Å². The van der Waals surface area contributed by atoms with Crippen molar-refractivity contribution in [1.82, 2.24) is 10.3 Å². The average molecular weight is 331 g/mol. The minimum Gasteiger partial charge on any atom is -0.450 e. The first-order valence-electron chi connectivity index (χ1n) is 6.60. The van der Waals surface area contributed by atoms with Crippen LogP contribution in [0.25, 0.3) is 0 Å². The number of rotatable bonds is 8. The largest absolute Gasteiger partial charge is 0.450 e. The van der Waals surface area contributed by atoms with E-state index in [-0.39, 0.29) is 29.6 Å². The lowest BCUT2D eigenvalue weighted by atomic mass is 10.4. The van der Waals surface area contributed by atoms with Crippen LogP contribution in [0.2, 0.25) is 0 Å². The van der Waals surface area contributed by atoms with E-state index in [4.69, 9.17) is 4.74 Å². The third-order valence-electron chi connectivity index (χ3n) is 2.62. The Labute approximate surface area is 127 Å².